The van der Waals surface area contributed by atoms with Crippen LogP contribution in [0.2, 0.25) is 0 Å². The standard InChI is InChI=1S/C20H19N5O2/c1-13-11-24(8-6-21-13)15-4-3-14-9-16(19(26)27-18(14)10-15)17-12-25-7-2-5-22-20(25)23-17/h2-5,7,9-10,12-13,21H,6,8,11H2,1H3/t13-/m1/s1. The number of hydrogen-bond donors (Lipinski definition) is 1. The molecule has 1 aliphatic heterocycles. The van der Waals surface area contributed by atoms with Crippen molar-refractivity contribution in [1.82, 2.24) is 19.7 Å². The summed E-state index contributed by atoms with van der Waals surface area (Å²) < 4.78 is 7.42. The lowest BCUT2D eigenvalue weighted by Gasteiger charge is -2.33. The monoisotopic (exact) mass is 361 g/mol. The maximum absolute atomic E-state index is 12.6. The molecule has 4 heterocycles. The number of anilines is 1. The predicted molar refractivity (Wildman–Crippen MR) is 104 cm³/mol. The first-order valence-electron chi connectivity index (χ1n) is 9.04. The highest BCUT2D eigenvalue weighted by molar-refractivity contribution is 5.84. The number of rotatable bonds is 2. The van der Waals surface area contributed by atoms with Gasteiger partial charge in [0, 0.05) is 61.4 Å². The Balaban J connectivity index is 1.57. The molecule has 0 aliphatic carbocycles. The van der Waals surface area contributed by atoms with E-state index < -0.39 is 5.63 Å². The molecule has 4 aromatic rings. The van der Waals surface area contributed by atoms with Gasteiger partial charge in [-0.05, 0) is 31.2 Å². The van der Waals surface area contributed by atoms with Crippen LogP contribution in [0.4, 0.5) is 5.69 Å². The fourth-order valence-electron chi connectivity index (χ4n) is 3.60. The number of nitrogens with one attached hydrogen (secondary N) is 1. The molecule has 0 unspecified atom stereocenters. The minimum atomic E-state index is -0.392. The number of aromatic nitrogens is 3. The van der Waals surface area contributed by atoms with Gasteiger partial charge in [0.2, 0.25) is 5.78 Å². The summed E-state index contributed by atoms with van der Waals surface area (Å²) in [5, 5.41) is 4.31. The summed E-state index contributed by atoms with van der Waals surface area (Å²) in [6.45, 7) is 4.99. The molecule has 1 atom stereocenters. The summed E-state index contributed by atoms with van der Waals surface area (Å²) in [7, 11) is 0. The smallest absolute Gasteiger partial charge is 0.345 e. The van der Waals surface area contributed by atoms with Gasteiger partial charge in [-0.2, -0.15) is 0 Å². The van der Waals surface area contributed by atoms with Crippen molar-refractivity contribution in [2.24, 2.45) is 0 Å². The molecule has 0 saturated carbocycles. The van der Waals surface area contributed by atoms with Crippen molar-refractivity contribution < 1.29 is 4.42 Å². The lowest BCUT2D eigenvalue weighted by Crippen LogP contribution is -2.49. The van der Waals surface area contributed by atoms with E-state index >= 15 is 0 Å². The van der Waals surface area contributed by atoms with Crippen LogP contribution in [0.15, 0.2) is 58.1 Å². The van der Waals surface area contributed by atoms with E-state index in [4.69, 9.17) is 4.42 Å². The molecule has 1 N–H and O–H groups in total. The van der Waals surface area contributed by atoms with Crippen molar-refractivity contribution in [3.8, 4) is 11.3 Å². The van der Waals surface area contributed by atoms with Crippen LogP contribution in [-0.2, 0) is 0 Å². The first kappa shape index (κ1) is 16.0. The zero-order chi connectivity index (χ0) is 18.4. The Labute approximate surface area is 155 Å². The lowest BCUT2D eigenvalue weighted by atomic mass is 10.1. The third-order valence-electron chi connectivity index (χ3n) is 4.96. The molecular weight excluding hydrogens is 342 g/mol. The summed E-state index contributed by atoms with van der Waals surface area (Å²) in [6, 6.07) is 10.1. The molecule has 0 spiro atoms. The van der Waals surface area contributed by atoms with E-state index in [9.17, 15) is 4.79 Å². The van der Waals surface area contributed by atoms with Gasteiger partial charge < -0.3 is 14.6 Å². The van der Waals surface area contributed by atoms with Crippen molar-refractivity contribution >= 4 is 22.4 Å². The number of hydrogen-bond acceptors (Lipinski definition) is 6. The Bertz CT molecular complexity index is 1160. The quantitative estimate of drug-likeness (QED) is 0.552. The van der Waals surface area contributed by atoms with Crippen LogP contribution < -0.4 is 15.8 Å². The number of fused-ring (bicyclic) bond motifs is 2. The zero-order valence-electron chi connectivity index (χ0n) is 14.9. The molecule has 0 amide bonds. The van der Waals surface area contributed by atoms with E-state index in [1.54, 1.807) is 16.8 Å². The topological polar surface area (TPSA) is 75.7 Å². The van der Waals surface area contributed by atoms with E-state index in [0.29, 0.717) is 28.7 Å². The second kappa shape index (κ2) is 6.21. The summed E-state index contributed by atoms with van der Waals surface area (Å²) in [6.07, 6.45) is 5.31. The second-order valence-electron chi connectivity index (χ2n) is 6.92. The Hall–Kier alpha value is -3.19. The van der Waals surface area contributed by atoms with Crippen LogP contribution in [0.25, 0.3) is 28.0 Å². The number of nitrogens with zero attached hydrogens (tertiary/aromatic N) is 4. The summed E-state index contributed by atoms with van der Waals surface area (Å²) in [5.41, 5.74) is 2.27. The number of benzene rings is 1. The highest BCUT2D eigenvalue weighted by Crippen LogP contribution is 2.25. The minimum absolute atomic E-state index is 0.392. The lowest BCUT2D eigenvalue weighted by molar-refractivity contribution is 0.484. The molecule has 3 aromatic heterocycles. The first-order valence-corrected chi connectivity index (χ1v) is 9.04. The maximum Gasteiger partial charge on any atom is 0.345 e. The average molecular weight is 361 g/mol. The molecule has 0 bridgehead atoms. The Morgan fingerprint density at radius 3 is 3.07 bits per heavy atom. The highest BCUT2D eigenvalue weighted by Gasteiger charge is 2.17. The Morgan fingerprint density at radius 2 is 2.22 bits per heavy atom. The van der Waals surface area contributed by atoms with E-state index in [-0.39, 0.29) is 0 Å². The first-order chi connectivity index (χ1) is 13.2. The van der Waals surface area contributed by atoms with Gasteiger partial charge in [0.15, 0.2) is 0 Å². The van der Waals surface area contributed by atoms with Crippen LogP contribution >= 0.6 is 0 Å². The van der Waals surface area contributed by atoms with Gasteiger partial charge >= 0.3 is 5.63 Å². The van der Waals surface area contributed by atoms with Crippen LogP contribution in [0, 0.1) is 0 Å². The molecule has 1 aromatic carbocycles. The molecule has 5 rings (SSSR count). The Morgan fingerprint density at radius 1 is 1.30 bits per heavy atom. The van der Waals surface area contributed by atoms with Crippen molar-refractivity contribution in [3.05, 3.63) is 59.3 Å². The van der Waals surface area contributed by atoms with Gasteiger partial charge in [-0.1, -0.05) is 0 Å². The van der Waals surface area contributed by atoms with Crippen molar-refractivity contribution in [1.29, 1.82) is 0 Å². The van der Waals surface area contributed by atoms with Crippen LogP contribution in [0.5, 0.6) is 0 Å². The highest BCUT2D eigenvalue weighted by atomic mass is 16.4. The molecule has 1 saturated heterocycles. The molecule has 7 heteroatoms. The van der Waals surface area contributed by atoms with Gasteiger partial charge in [0.1, 0.15) is 5.58 Å². The maximum atomic E-state index is 12.6. The van der Waals surface area contributed by atoms with Crippen molar-refractivity contribution in [3.63, 3.8) is 0 Å². The van der Waals surface area contributed by atoms with E-state index in [1.807, 2.05) is 30.5 Å². The van der Waals surface area contributed by atoms with Crippen molar-refractivity contribution in [2.75, 3.05) is 24.5 Å². The normalized spacial score (nSPS) is 17.7. The van der Waals surface area contributed by atoms with Gasteiger partial charge in [-0.3, -0.25) is 4.40 Å². The molecule has 7 nitrogen and oxygen atoms in total. The van der Waals surface area contributed by atoms with E-state index in [2.05, 4.69) is 33.2 Å². The largest absolute Gasteiger partial charge is 0.422 e. The van der Waals surface area contributed by atoms with E-state index in [1.165, 1.54) is 0 Å². The van der Waals surface area contributed by atoms with Crippen molar-refractivity contribution in [2.45, 2.75) is 13.0 Å². The Kier molecular flexibility index (Phi) is 3.68. The van der Waals surface area contributed by atoms with Crippen LogP contribution in [-0.4, -0.2) is 40.0 Å². The minimum Gasteiger partial charge on any atom is -0.422 e. The van der Waals surface area contributed by atoms with Crippen LogP contribution in [0.1, 0.15) is 6.92 Å². The van der Waals surface area contributed by atoms with Gasteiger partial charge in [0.25, 0.3) is 0 Å². The van der Waals surface area contributed by atoms with Gasteiger partial charge in [-0.25, -0.2) is 14.8 Å². The summed E-state index contributed by atoms with van der Waals surface area (Å²) in [5.74, 6) is 0.551. The van der Waals surface area contributed by atoms with Gasteiger partial charge in [-0.15, -0.1) is 0 Å². The van der Waals surface area contributed by atoms with Gasteiger partial charge in [0.05, 0.1) is 11.3 Å². The third kappa shape index (κ3) is 2.86. The van der Waals surface area contributed by atoms with Crippen LogP contribution in [0.3, 0.4) is 0 Å². The molecular formula is C20H19N5O2. The molecule has 0 radical (unpaired) electrons. The summed E-state index contributed by atoms with van der Waals surface area (Å²) >= 11 is 0. The number of imidazole rings is 1. The fourth-order valence-corrected chi connectivity index (χ4v) is 3.60. The fraction of sp³-hybridized carbons (Fsp3) is 0.250. The molecule has 1 fully saturated rings. The zero-order valence-corrected chi connectivity index (χ0v) is 14.9. The predicted octanol–water partition coefficient (Wildman–Crippen LogP) is 2.30. The third-order valence-corrected chi connectivity index (χ3v) is 4.96. The average Bonchev–Trinajstić information content (AvgIpc) is 3.11. The van der Waals surface area contributed by atoms with E-state index in [0.717, 1.165) is 30.7 Å². The molecule has 136 valence electrons. The SMILES string of the molecule is C[C@@H]1CN(c2ccc3cc(-c4cn5cccnc5n4)c(=O)oc3c2)CCN1. The molecule has 27 heavy (non-hydrogen) atoms. The number of piperazine rings is 1. The molecule has 1 aliphatic rings. The summed E-state index contributed by atoms with van der Waals surface area (Å²) in [4.78, 5) is 23.5. The second-order valence-corrected chi connectivity index (χ2v) is 6.92.